The molecule has 3 nitrogen and oxygen atoms in total. The Kier molecular flexibility index (Phi) is 3.52. The number of likely N-dealkylation sites (tertiary alicyclic amines) is 1. The number of hydrogen-bond donors (Lipinski definition) is 1. The number of nitrogens with one attached hydrogen (secondary N) is 1. The molecule has 1 aliphatic rings. The summed E-state index contributed by atoms with van der Waals surface area (Å²) in [6.45, 7) is 2.81. The molecule has 1 rings (SSSR count). The van der Waals surface area contributed by atoms with Gasteiger partial charge >= 0.3 is 0 Å². The lowest BCUT2D eigenvalue weighted by molar-refractivity contribution is -0.107. The lowest BCUT2D eigenvalue weighted by Crippen LogP contribution is -2.41. The Bertz CT molecular complexity index is 119. The van der Waals surface area contributed by atoms with Gasteiger partial charge in [0.2, 0.25) is 0 Å². The Morgan fingerprint density at radius 2 is 2.18 bits per heavy atom. The van der Waals surface area contributed by atoms with E-state index in [1.807, 2.05) is 0 Å². The standard InChI is InChI=1S/C8H16N2O/c1-10-5-2-8(3-6-10)9-4-7-11/h7-9H,2-6H2,1H3. The average Bonchev–Trinajstić information content (AvgIpc) is 2.04. The number of hydrogen-bond acceptors (Lipinski definition) is 3. The van der Waals surface area contributed by atoms with E-state index in [2.05, 4.69) is 17.3 Å². The van der Waals surface area contributed by atoms with E-state index in [9.17, 15) is 4.79 Å². The first-order chi connectivity index (χ1) is 5.33. The quantitative estimate of drug-likeness (QED) is 0.578. The smallest absolute Gasteiger partial charge is 0.133 e. The van der Waals surface area contributed by atoms with Crippen molar-refractivity contribution in [3.63, 3.8) is 0 Å². The highest BCUT2D eigenvalue weighted by Gasteiger charge is 2.14. The molecule has 11 heavy (non-hydrogen) atoms. The van der Waals surface area contributed by atoms with Crippen molar-refractivity contribution in [3.8, 4) is 0 Å². The highest BCUT2D eigenvalue weighted by Crippen LogP contribution is 2.07. The summed E-state index contributed by atoms with van der Waals surface area (Å²) >= 11 is 0. The van der Waals surface area contributed by atoms with E-state index in [4.69, 9.17) is 0 Å². The topological polar surface area (TPSA) is 32.3 Å². The molecule has 1 N–H and O–H groups in total. The monoisotopic (exact) mass is 156 g/mol. The second kappa shape index (κ2) is 4.46. The second-order valence-electron chi connectivity index (χ2n) is 3.15. The molecule has 0 aliphatic carbocycles. The molecule has 0 amide bonds. The van der Waals surface area contributed by atoms with Gasteiger partial charge in [-0.3, -0.25) is 0 Å². The zero-order valence-corrected chi connectivity index (χ0v) is 7.05. The van der Waals surface area contributed by atoms with Gasteiger partial charge in [-0.2, -0.15) is 0 Å². The first kappa shape index (κ1) is 8.68. The van der Waals surface area contributed by atoms with Crippen molar-refractivity contribution in [3.05, 3.63) is 0 Å². The van der Waals surface area contributed by atoms with E-state index >= 15 is 0 Å². The highest BCUT2D eigenvalue weighted by atomic mass is 16.1. The lowest BCUT2D eigenvalue weighted by atomic mass is 10.1. The predicted molar refractivity (Wildman–Crippen MR) is 44.6 cm³/mol. The first-order valence-electron chi connectivity index (χ1n) is 4.18. The van der Waals surface area contributed by atoms with Gasteiger partial charge < -0.3 is 15.0 Å². The summed E-state index contributed by atoms with van der Waals surface area (Å²) < 4.78 is 0. The molecule has 1 aliphatic heterocycles. The Labute approximate surface area is 67.8 Å². The molecule has 0 unspecified atom stereocenters. The van der Waals surface area contributed by atoms with Crippen molar-refractivity contribution in [1.82, 2.24) is 10.2 Å². The van der Waals surface area contributed by atoms with Gasteiger partial charge in [-0.15, -0.1) is 0 Å². The van der Waals surface area contributed by atoms with Crippen LogP contribution in [0, 0.1) is 0 Å². The number of nitrogens with zero attached hydrogens (tertiary/aromatic N) is 1. The number of carbonyl (C=O) groups is 1. The van der Waals surface area contributed by atoms with Gasteiger partial charge in [0.15, 0.2) is 0 Å². The van der Waals surface area contributed by atoms with Crippen LogP contribution in [0.3, 0.4) is 0 Å². The van der Waals surface area contributed by atoms with Gasteiger partial charge in [-0.1, -0.05) is 0 Å². The summed E-state index contributed by atoms with van der Waals surface area (Å²) in [5.41, 5.74) is 0. The number of carbonyl (C=O) groups excluding carboxylic acids is 1. The summed E-state index contributed by atoms with van der Waals surface area (Å²) in [4.78, 5) is 12.4. The molecule has 1 saturated heterocycles. The Morgan fingerprint density at radius 1 is 1.55 bits per heavy atom. The van der Waals surface area contributed by atoms with Gasteiger partial charge in [-0.25, -0.2) is 0 Å². The normalized spacial score (nSPS) is 21.9. The maximum atomic E-state index is 10.0. The fourth-order valence-electron chi connectivity index (χ4n) is 1.43. The number of rotatable bonds is 3. The minimum absolute atomic E-state index is 0.508. The van der Waals surface area contributed by atoms with Crippen LogP contribution in [0.1, 0.15) is 12.8 Å². The average molecular weight is 156 g/mol. The third kappa shape index (κ3) is 2.99. The molecule has 0 aromatic carbocycles. The van der Waals surface area contributed by atoms with Crippen molar-refractivity contribution in [2.24, 2.45) is 0 Å². The maximum Gasteiger partial charge on any atom is 0.133 e. The number of piperidine rings is 1. The van der Waals surface area contributed by atoms with Crippen LogP contribution in [0.25, 0.3) is 0 Å². The minimum Gasteiger partial charge on any atom is -0.307 e. The lowest BCUT2D eigenvalue weighted by Gasteiger charge is -2.28. The van der Waals surface area contributed by atoms with Gasteiger partial charge in [-0.05, 0) is 33.0 Å². The van der Waals surface area contributed by atoms with Crippen LogP contribution in [0.15, 0.2) is 0 Å². The summed E-state index contributed by atoms with van der Waals surface area (Å²) in [5, 5.41) is 3.20. The van der Waals surface area contributed by atoms with Crippen molar-refractivity contribution in [2.75, 3.05) is 26.7 Å². The summed E-state index contributed by atoms with van der Waals surface area (Å²) in [6.07, 6.45) is 3.27. The molecule has 0 spiro atoms. The predicted octanol–water partition coefficient (Wildman–Crippen LogP) is -0.131. The molecular weight excluding hydrogens is 140 g/mol. The van der Waals surface area contributed by atoms with Gasteiger partial charge in [0, 0.05) is 6.04 Å². The molecular formula is C8H16N2O. The highest BCUT2D eigenvalue weighted by molar-refractivity contribution is 5.51. The van der Waals surface area contributed by atoms with Gasteiger partial charge in [0.25, 0.3) is 0 Å². The van der Waals surface area contributed by atoms with Crippen LogP contribution >= 0.6 is 0 Å². The van der Waals surface area contributed by atoms with E-state index in [1.165, 1.54) is 12.8 Å². The molecule has 0 saturated carbocycles. The molecule has 0 bridgehead atoms. The fraction of sp³-hybridized carbons (Fsp3) is 0.875. The number of aldehydes is 1. The Morgan fingerprint density at radius 3 is 2.73 bits per heavy atom. The summed E-state index contributed by atoms with van der Waals surface area (Å²) in [6, 6.07) is 0.566. The van der Waals surface area contributed by atoms with Crippen LogP contribution in [0.2, 0.25) is 0 Å². The Hall–Kier alpha value is -0.410. The largest absolute Gasteiger partial charge is 0.307 e. The van der Waals surface area contributed by atoms with Crippen LogP contribution in [-0.2, 0) is 4.79 Å². The van der Waals surface area contributed by atoms with Gasteiger partial charge in [0.05, 0.1) is 6.54 Å². The molecule has 0 aromatic rings. The SMILES string of the molecule is CN1CCC(NCC=O)CC1. The molecule has 3 heteroatoms. The van der Waals surface area contributed by atoms with Crippen molar-refractivity contribution >= 4 is 6.29 Å². The molecule has 0 atom stereocenters. The zero-order chi connectivity index (χ0) is 8.10. The summed E-state index contributed by atoms with van der Waals surface area (Å²) in [7, 11) is 2.13. The van der Waals surface area contributed by atoms with Crippen molar-refractivity contribution in [1.29, 1.82) is 0 Å². The van der Waals surface area contributed by atoms with E-state index in [0.29, 0.717) is 12.6 Å². The van der Waals surface area contributed by atoms with Crippen LogP contribution in [0.4, 0.5) is 0 Å². The van der Waals surface area contributed by atoms with Crippen molar-refractivity contribution in [2.45, 2.75) is 18.9 Å². The minimum atomic E-state index is 0.508. The third-order valence-electron chi connectivity index (χ3n) is 2.21. The van der Waals surface area contributed by atoms with E-state index < -0.39 is 0 Å². The van der Waals surface area contributed by atoms with Crippen LogP contribution in [0.5, 0.6) is 0 Å². The zero-order valence-electron chi connectivity index (χ0n) is 7.05. The second-order valence-corrected chi connectivity index (χ2v) is 3.15. The summed E-state index contributed by atoms with van der Waals surface area (Å²) in [5.74, 6) is 0. The maximum absolute atomic E-state index is 10.0. The third-order valence-corrected chi connectivity index (χ3v) is 2.21. The molecule has 0 radical (unpaired) electrons. The first-order valence-corrected chi connectivity index (χ1v) is 4.18. The van der Waals surface area contributed by atoms with E-state index in [0.717, 1.165) is 19.4 Å². The molecule has 1 fully saturated rings. The van der Waals surface area contributed by atoms with Crippen LogP contribution < -0.4 is 5.32 Å². The van der Waals surface area contributed by atoms with E-state index in [-0.39, 0.29) is 0 Å². The molecule has 0 aromatic heterocycles. The van der Waals surface area contributed by atoms with Crippen molar-refractivity contribution < 1.29 is 4.79 Å². The molecule has 64 valence electrons. The van der Waals surface area contributed by atoms with Gasteiger partial charge in [0.1, 0.15) is 6.29 Å². The fourth-order valence-corrected chi connectivity index (χ4v) is 1.43. The van der Waals surface area contributed by atoms with E-state index in [1.54, 1.807) is 0 Å². The molecule has 1 heterocycles. The Balaban J connectivity index is 2.12. The van der Waals surface area contributed by atoms with Crippen LogP contribution in [-0.4, -0.2) is 43.9 Å².